The molecule has 0 heterocycles. The minimum absolute atomic E-state index is 0.679. The van der Waals surface area contributed by atoms with Crippen molar-refractivity contribution in [2.24, 2.45) is 0 Å². The summed E-state index contributed by atoms with van der Waals surface area (Å²) in [7, 11) is 1.60. The minimum Gasteiger partial charge on any atom is -0.366 e. The first-order chi connectivity index (χ1) is 6.72. The molecular formula is C12H14O2. The third kappa shape index (κ3) is 1.18. The van der Waals surface area contributed by atoms with E-state index >= 15 is 0 Å². The molecule has 2 rings (SSSR count). The van der Waals surface area contributed by atoms with Crippen LogP contribution in [0.3, 0.4) is 0 Å². The van der Waals surface area contributed by atoms with Crippen LogP contribution in [-0.2, 0) is 21.6 Å². The molecular weight excluding hydrogens is 176 g/mol. The molecule has 74 valence electrons. The van der Waals surface area contributed by atoms with Crippen LogP contribution in [0.1, 0.15) is 23.1 Å². The molecule has 0 fully saturated rings. The molecule has 0 bridgehead atoms. The Morgan fingerprint density at radius 1 is 1.50 bits per heavy atom. The topological polar surface area (TPSA) is 26.3 Å². The Labute approximate surface area is 83.9 Å². The van der Waals surface area contributed by atoms with Gasteiger partial charge in [-0.15, -0.1) is 0 Å². The summed E-state index contributed by atoms with van der Waals surface area (Å²) in [5, 5.41) is 0. The van der Waals surface area contributed by atoms with E-state index in [1.54, 1.807) is 7.11 Å². The second kappa shape index (κ2) is 3.21. The zero-order chi connectivity index (χ0) is 10.2. The first-order valence-corrected chi connectivity index (χ1v) is 4.83. The quantitative estimate of drug-likeness (QED) is 0.666. The standard InChI is InChI=1S/C12H14O2/c1-9-3-4-10-5-6-12(8-13,14-2)11(10)7-9/h3-4,7-8H,5-6H2,1-2H3. The van der Waals surface area contributed by atoms with Crippen LogP contribution >= 0.6 is 0 Å². The fourth-order valence-electron chi connectivity index (χ4n) is 2.14. The number of fused-ring (bicyclic) bond motifs is 1. The number of hydrogen-bond donors (Lipinski definition) is 0. The Kier molecular flexibility index (Phi) is 2.16. The molecule has 0 aromatic heterocycles. The Bertz CT molecular complexity index is 371. The summed E-state index contributed by atoms with van der Waals surface area (Å²) >= 11 is 0. The third-order valence-electron chi connectivity index (χ3n) is 3.04. The lowest BCUT2D eigenvalue weighted by molar-refractivity contribution is -0.128. The zero-order valence-corrected chi connectivity index (χ0v) is 8.54. The zero-order valence-electron chi connectivity index (χ0n) is 8.54. The van der Waals surface area contributed by atoms with Crippen molar-refractivity contribution in [3.63, 3.8) is 0 Å². The highest BCUT2D eigenvalue weighted by Crippen LogP contribution is 2.38. The summed E-state index contributed by atoms with van der Waals surface area (Å²) in [5.41, 5.74) is 2.79. The second-order valence-electron chi connectivity index (χ2n) is 3.87. The van der Waals surface area contributed by atoms with E-state index in [9.17, 15) is 4.79 Å². The molecule has 0 saturated carbocycles. The Morgan fingerprint density at radius 3 is 2.93 bits per heavy atom. The van der Waals surface area contributed by atoms with E-state index in [0.29, 0.717) is 0 Å². The number of ether oxygens (including phenoxy) is 1. The predicted molar refractivity (Wildman–Crippen MR) is 54.3 cm³/mol. The highest BCUT2D eigenvalue weighted by Gasteiger charge is 2.38. The van der Waals surface area contributed by atoms with E-state index in [4.69, 9.17) is 4.74 Å². The van der Waals surface area contributed by atoms with Gasteiger partial charge in [0.2, 0.25) is 0 Å². The van der Waals surface area contributed by atoms with Gasteiger partial charge in [-0.25, -0.2) is 0 Å². The van der Waals surface area contributed by atoms with E-state index in [0.717, 1.165) is 24.7 Å². The smallest absolute Gasteiger partial charge is 0.156 e. The van der Waals surface area contributed by atoms with Gasteiger partial charge in [0.1, 0.15) is 5.60 Å². The van der Waals surface area contributed by atoms with Crippen LogP contribution in [-0.4, -0.2) is 13.4 Å². The lowest BCUT2D eigenvalue weighted by atomic mass is 9.96. The van der Waals surface area contributed by atoms with Crippen molar-refractivity contribution in [3.05, 3.63) is 34.9 Å². The molecule has 0 amide bonds. The van der Waals surface area contributed by atoms with Gasteiger partial charge in [-0.2, -0.15) is 0 Å². The second-order valence-corrected chi connectivity index (χ2v) is 3.87. The van der Waals surface area contributed by atoms with Gasteiger partial charge < -0.3 is 4.74 Å². The molecule has 2 nitrogen and oxygen atoms in total. The van der Waals surface area contributed by atoms with E-state index < -0.39 is 5.60 Å². The SMILES string of the molecule is COC1(C=O)CCc2ccc(C)cc21. The van der Waals surface area contributed by atoms with Crippen molar-refractivity contribution in [3.8, 4) is 0 Å². The molecule has 1 aliphatic rings. The monoisotopic (exact) mass is 190 g/mol. The van der Waals surface area contributed by atoms with Gasteiger partial charge in [-0.3, -0.25) is 4.79 Å². The van der Waals surface area contributed by atoms with E-state index in [2.05, 4.69) is 18.2 Å². The highest BCUT2D eigenvalue weighted by atomic mass is 16.5. The van der Waals surface area contributed by atoms with Crippen molar-refractivity contribution in [1.29, 1.82) is 0 Å². The molecule has 0 radical (unpaired) electrons. The number of methoxy groups -OCH3 is 1. The van der Waals surface area contributed by atoms with Crippen molar-refractivity contribution in [2.75, 3.05) is 7.11 Å². The van der Waals surface area contributed by atoms with Crippen LogP contribution in [0.5, 0.6) is 0 Å². The summed E-state index contributed by atoms with van der Waals surface area (Å²) in [6, 6.07) is 6.23. The van der Waals surface area contributed by atoms with E-state index in [1.165, 1.54) is 11.1 Å². The maximum Gasteiger partial charge on any atom is 0.156 e. The Balaban J connectivity index is 2.56. The minimum atomic E-state index is -0.679. The van der Waals surface area contributed by atoms with Crippen molar-refractivity contribution in [2.45, 2.75) is 25.4 Å². The first kappa shape index (κ1) is 9.41. The lowest BCUT2D eigenvalue weighted by Crippen LogP contribution is -2.27. The summed E-state index contributed by atoms with van der Waals surface area (Å²) < 4.78 is 5.36. The normalized spacial score (nSPS) is 24.7. The summed E-state index contributed by atoms with van der Waals surface area (Å²) in [5.74, 6) is 0. The van der Waals surface area contributed by atoms with Gasteiger partial charge in [0.15, 0.2) is 6.29 Å². The number of aryl methyl sites for hydroxylation is 2. The summed E-state index contributed by atoms with van der Waals surface area (Å²) in [6.45, 7) is 2.03. The van der Waals surface area contributed by atoms with Gasteiger partial charge in [0.25, 0.3) is 0 Å². The molecule has 1 aliphatic carbocycles. The molecule has 1 aromatic carbocycles. The van der Waals surface area contributed by atoms with Crippen molar-refractivity contribution in [1.82, 2.24) is 0 Å². The van der Waals surface area contributed by atoms with Gasteiger partial charge >= 0.3 is 0 Å². The molecule has 14 heavy (non-hydrogen) atoms. The number of benzene rings is 1. The van der Waals surface area contributed by atoms with Crippen molar-refractivity contribution < 1.29 is 9.53 Å². The van der Waals surface area contributed by atoms with Crippen LogP contribution in [0.4, 0.5) is 0 Å². The molecule has 1 unspecified atom stereocenters. The number of carbonyl (C=O) groups is 1. The Hall–Kier alpha value is -1.15. The number of rotatable bonds is 2. The van der Waals surface area contributed by atoms with Gasteiger partial charge in [0.05, 0.1) is 0 Å². The predicted octanol–water partition coefficient (Wildman–Crippen LogP) is 1.98. The lowest BCUT2D eigenvalue weighted by Gasteiger charge is -2.21. The number of hydrogen-bond acceptors (Lipinski definition) is 2. The molecule has 2 heteroatoms. The van der Waals surface area contributed by atoms with Crippen LogP contribution in [0.15, 0.2) is 18.2 Å². The largest absolute Gasteiger partial charge is 0.366 e. The number of aldehydes is 1. The summed E-state index contributed by atoms with van der Waals surface area (Å²) in [6.07, 6.45) is 2.63. The van der Waals surface area contributed by atoms with Crippen LogP contribution in [0.25, 0.3) is 0 Å². The van der Waals surface area contributed by atoms with Crippen molar-refractivity contribution >= 4 is 6.29 Å². The highest BCUT2D eigenvalue weighted by molar-refractivity contribution is 5.69. The molecule has 1 atom stereocenters. The fourth-order valence-corrected chi connectivity index (χ4v) is 2.14. The molecule has 1 aromatic rings. The maximum atomic E-state index is 11.1. The van der Waals surface area contributed by atoms with E-state index in [-0.39, 0.29) is 0 Å². The molecule has 0 N–H and O–H groups in total. The fraction of sp³-hybridized carbons (Fsp3) is 0.417. The van der Waals surface area contributed by atoms with Crippen LogP contribution < -0.4 is 0 Å². The van der Waals surface area contributed by atoms with Gasteiger partial charge in [-0.1, -0.05) is 23.8 Å². The number of carbonyl (C=O) groups excluding carboxylic acids is 1. The summed E-state index contributed by atoms with van der Waals surface area (Å²) in [4.78, 5) is 11.1. The van der Waals surface area contributed by atoms with Gasteiger partial charge in [0, 0.05) is 7.11 Å². The average molecular weight is 190 g/mol. The molecule has 0 aliphatic heterocycles. The van der Waals surface area contributed by atoms with Crippen LogP contribution in [0.2, 0.25) is 0 Å². The maximum absolute atomic E-state index is 11.1. The van der Waals surface area contributed by atoms with Crippen LogP contribution in [0, 0.1) is 6.92 Å². The van der Waals surface area contributed by atoms with E-state index in [1.807, 2.05) is 6.92 Å². The Morgan fingerprint density at radius 2 is 2.29 bits per heavy atom. The average Bonchev–Trinajstić information content (AvgIpc) is 2.57. The van der Waals surface area contributed by atoms with Gasteiger partial charge in [-0.05, 0) is 30.9 Å². The molecule has 0 spiro atoms. The third-order valence-corrected chi connectivity index (χ3v) is 3.04. The first-order valence-electron chi connectivity index (χ1n) is 4.83. The molecule has 0 saturated heterocycles.